The lowest BCUT2D eigenvalue weighted by molar-refractivity contribution is -0.688. The van der Waals surface area contributed by atoms with Gasteiger partial charge in [0.1, 0.15) is 74.0 Å². The molecule has 8 nitrogen and oxygen atoms in total. The van der Waals surface area contributed by atoms with Crippen molar-refractivity contribution in [3.63, 3.8) is 0 Å². The van der Waals surface area contributed by atoms with E-state index in [9.17, 15) is 0 Å². The van der Waals surface area contributed by atoms with Gasteiger partial charge in [-0.25, -0.2) is 18.3 Å². The zero-order valence-corrected chi connectivity index (χ0v) is 35.3. The number of rotatable bonds is 4. The fourth-order valence-electron chi connectivity index (χ4n) is 9.98. The van der Waals surface area contributed by atoms with Crippen molar-refractivity contribution in [1.29, 1.82) is 0 Å². The van der Waals surface area contributed by atoms with Crippen molar-refractivity contribution in [3.05, 3.63) is 181 Å². The molecule has 8 aromatic carbocycles. The van der Waals surface area contributed by atoms with Crippen LogP contribution in [0.25, 0.3) is 65.3 Å². The van der Waals surface area contributed by atoms with Gasteiger partial charge in [0.05, 0.1) is 28.4 Å². The maximum atomic E-state index is 6.50. The topological polar surface area (TPSA) is 54.5 Å². The summed E-state index contributed by atoms with van der Waals surface area (Å²) in [5, 5.41) is 8.95. The quantitative estimate of drug-likeness (QED) is 0.166. The predicted octanol–water partition coefficient (Wildman–Crippen LogP) is 10.4. The van der Waals surface area contributed by atoms with E-state index in [0.29, 0.717) is 26.2 Å². The number of hydrogen-bond acceptors (Lipinski definition) is 4. The Kier molecular flexibility index (Phi) is 9.15. The minimum Gasteiger partial charge on any atom is -0.496 e. The van der Waals surface area contributed by atoms with E-state index in [0.717, 1.165) is 111 Å². The molecule has 0 N–H and O–H groups in total. The van der Waals surface area contributed by atoms with Gasteiger partial charge in [-0.15, -0.1) is 0 Å². The number of hydrogen-bond donors (Lipinski definition) is 0. The normalized spacial score (nSPS) is 12.6. The molecule has 62 heavy (non-hydrogen) atoms. The van der Waals surface area contributed by atoms with Gasteiger partial charge >= 0.3 is 0 Å². The van der Waals surface area contributed by atoms with Crippen molar-refractivity contribution < 1.29 is 28.1 Å². The van der Waals surface area contributed by atoms with Crippen LogP contribution in [0.3, 0.4) is 0 Å². The van der Waals surface area contributed by atoms with Crippen LogP contribution in [-0.4, -0.2) is 37.6 Å². The number of ether oxygens (including phenoxy) is 4. The highest BCUT2D eigenvalue weighted by Crippen LogP contribution is 2.50. The van der Waals surface area contributed by atoms with Gasteiger partial charge in [0.2, 0.25) is 12.7 Å². The number of aromatic nitrogens is 4. The molecule has 12 bridgehead atoms. The minimum absolute atomic E-state index is 0.591. The summed E-state index contributed by atoms with van der Waals surface area (Å²) in [7, 11) is 7.13. The average molecular weight is 815 g/mol. The van der Waals surface area contributed by atoms with Crippen LogP contribution in [0.1, 0.15) is 22.3 Å². The highest BCUT2D eigenvalue weighted by Gasteiger charge is 2.28. The summed E-state index contributed by atoms with van der Waals surface area (Å²) in [5.74, 6) is 3.31. The van der Waals surface area contributed by atoms with Gasteiger partial charge in [0, 0.05) is 44.5 Å². The molecule has 11 rings (SSSR count). The molecule has 10 aromatic rings. The Balaban J connectivity index is 1.20. The van der Waals surface area contributed by atoms with Crippen LogP contribution in [-0.2, 0) is 26.2 Å². The van der Waals surface area contributed by atoms with Crippen molar-refractivity contribution in [3.8, 4) is 45.3 Å². The third-order valence-electron chi connectivity index (χ3n) is 12.5. The van der Waals surface area contributed by atoms with Crippen molar-refractivity contribution in [1.82, 2.24) is 9.13 Å². The van der Waals surface area contributed by atoms with Crippen LogP contribution in [0.15, 0.2) is 159 Å². The van der Waals surface area contributed by atoms with E-state index in [1.165, 1.54) is 0 Å². The van der Waals surface area contributed by atoms with Crippen LogP contribution in [0.5, 0.6) is 23.0 Å². The number of nitrogens with zero attached hydrogens (tertiary/aromatic N) is 4. The SMILES string of the molecule is COc1c2cc3ccccc3c1-c1c(OC)c(cc3ccccc13)C[n+]1ccn(c1)Cc1cc3ccccc3c(c1OC)-c1c(OC)c(cc3ccccc13)C[n+]1ccn(c1)C2. The van der Waals surface area contributed by atoms with Crippen LogP contribution in [0.4, 0.5) is 0 Å². The lowest BCUT2D eigenvalue weighted by Gasteiger charge is -2.22. The van der Waals surface area contributed by atoms with E-state index in [1.807, 2.05) is 0 Å². The number of imidazole rings is 2. The first-order chi connectivity index (χ1) is 30.5. The number of fused-ring (bicyclic) bond motifs is 22. The molecule has 0 spiro atoms. The maximum Gasteiger partial charge on any atom is 0.244 e. The fourth-order valence-corrected chi connectivity index (χ4v) is 9.98. The Labute approximate surface area is 360 Å². The zero-order chi connectivity index (χ0) is 41.9. The van der Waals surface area contributed by atoms with E-state index < -0.39 is 0 Å². The predicted molar refractivity (Wildman–Crippen MR) is 246 cm³/mol. The Morgan fingerprint density at radius 3 is 1.00 bits per heavy atom. The van der Waals surface area contributed by atoms with E-state index in [1.54, 1.807) is 28.4 Å². The van der Waals surface area contributed by atoms with Crippen LogP contribution in [0, 0.1) is 0 Å². The first kappa shape index (κ1) is 37.4. The molecule has 0 fully saturated rings. The van der Waals surface area contributed by atoms with Gasteiger partial charge in [0.15, 0.2) is 0 Å². The molecule has 8 heteroatoms. The zero-order valence-electron chi connectivity index (χ0n) is 35.3. The molecular weight excluding hydrogens is 769 g/mol. The monoisotopic (exact) mass is 814 g/mol. The van der Waals surface area contributed by atoms with Crippen molar-refractivity contribution >= 4 is 43.1 Å². The summed E-state index contributed by atoms with van der Waals surface area (Å²) in [6, 6.07) is 43.4. The largest absolute Gasteiger partial charge is 0.496 e. The van der Waals surface area contributed by atoms with Crippen LogP contribution >= 0.6 is 0 Å². The molecule has 304 valence electrons. The summed E-state index contributed by atoms with van der Waals surface area (Å²) in [5.41, 5.74) is 8.36. The Hall–Kier alpha value is -7.58. The molecule has 0 radical (unpaired) electrons. The molecule has 0 atom stereocenters. The number of benzene rings is 8. The second-order valence-corrected chi connectivity index (χ2v) is 16.2. The summed E-state index contributed by atoms with van der Waals surface area (Å²) in [4.78, 5) is 0. The molecule has 1 aliphatic heterocycles. The van der Waals surface area contributed by atoms with Crippen molar-refractivity contribution in [2.24, 2.45) is 0 Å². The van der Waals surface area contributed by atoms with E-state index in [4.69, 9.17) is 18.9 Å². The summed E-state index contributed by atoms with van der Waals surface area (Å²) >= 11 is 0. The molecule has 2 aromatic heterocycles. The molecule has 1 aliphatic rings. The molecule has 0 aliphatic carbocycles. The lowest BCUT2D eigenvalue weighted by atomic mass is 9.88. The molecule has 3 heterocycles. The van der Waals surface area contributed by atoms with E-state index in [-0.39, 0.29) is 0 Å². The third kappa shape index (κ3) is 6.13. The highest BCUT2D eigenvalue weighted by atomic mass is 16.5. The third-order valence-corrected chi connectivity index (χ3v) is 12.5. The molecule has 0 saturated carbocycles. The second-order valence-electron chi connectivity index (χ2n) is 16.2. The van der Waals surface area contributed by atoms with Gasteiger partial charge in [-0.1, -0.05) is 97.1 Å². The average Bonchev–Trinajstić information content (AvgIpc) is 3.95. The summed E-state index contributed by atoms with van der Waals surface area (Å²) in [6.07, 6.45) is 12.9. The lowest BCUT2D eigenvalue weighted by Crippen LogP contribution is -2.32. The van der Waals surface area contributed by atoms with E-state index in [2.05, 4.69) is 177 Å². The van der Waals surface area contributed by atoms with Gasteiger partial charge in [-0.2, -0.15) is 0 Å². The Bertz CT molecular complexity index is 2940. The van der Waals surface area contributed by atoms with Gasteiger partial charge < -0.3 is 18.9 Å². The first-order valence-electron chi connectivity index (χ1n) is 21.0. The molecule has 0 amide bonds. The highest BCUT2D eigenvalue weighted by molar-refractivity contribution is 6.12. The number of methoxy groups -OCH3 is 4. The standard InChI is InChI=1S/C54H46N4O4/c1-59-51-39-25-35-13-5-9-17-43(35)47(51)48-44-18-10-6-14-36(44)26-40(52(48)60-2)30-57-23-24-58(34-57)32-42-28-38-16-8-12-20-46(38)50(54(42)62-4)49-45-19-11-7-15-37(45)27-41(53(49)61-3)31-56-22-21-55(29-39)33-56/h5-28,33-34H,29-32H2,1-4H3/q+2. The first-order valence-corrected chi connectivity index (χ1v) is 21.0. The van der Waals surface area contributed by atoms with E-state index >= 15 is 0 Å². The minimum atomic E-state index is 0.591. The second kappa shape index (κ2) is 15.2. The molecule has 0 unspecified atom stereocenters. The van der Waals surface area contributed by atoms with Crippen molar-refractivity contribution in [2.75, 3.05) is 28.4 Å². The van der Waals surface area contributed by atoms with Gasteiger partial charge in [0.25, 0.3) is 0 Å². The Morgan fingerprint density at radius 1 is 0.387 bits per heavy atom. The summed E-state index contributed by atoms with van der Waals surface area (Å²) < 4.78 is 34.9. The van der Waals surface area contributed by atoms with Gasteiger partial charge in [-0.3, -0.25) is 0 Å². The van der Waals surface area contributed by atoms with Crippen LogP contribution < -0.4 is 28.1 Å². The smallest absolute Gasteiger partial charge is 0.244 e. The fraction of sp³-hybridized carbons (Fsp3) is 0.148. The summed E-state index contributed by atoms with van der Waals surface area (Å²) in [6.45, 7) is 2.36. The maximum absolute atomic E-state index is 6.50. The van der Waals surface area contributed by atoms with Crippen molar-refractivity contribution in [2.45, 2.75) is 26.2 Å². The van der Waals surface area contributed by atoms with Crippen LogP contribution in [0.2, 0.25) is 0 Å². The van der Waals surface area contributed by atoms with Gasteiger partial charge in [-0.05, 0) is 67.4 Å². The molecular formula is C54H46N4O4+2. The Morgan fingerprint density at radius 2 is 0.677 bits per heavy atom. The molecule has 0 saturated heterocycles.